The van der Waals surface area contributed by atoms with E-state index in [2.05, 4.69) is 5.32 Å². The maximum atomic E-state index is 10.7. The second-order valence-electron chi connectivity index (χ2n) is 2.74. The van der Waals surface area contributed by atoms with Crippen LogP contribution in [-0.4, -0.2) is 10.2 Å². The van der Waals surface area contributed by atoms with Gasteiger partial charge < -0.3 is 5.32 Å². The molecule has 1 rings (SSSR count). The number of nitrogens with one attached hydrogen (secondary N) is 1. The van der Waals surface area contributed by atoms with Crippen LogP contribution in [0.15, 0.2) is 30.3 Å². The molecule has 0 aromatic heterocycles. The normalized spacial score (nSPS) is 9.50. The van der Waals surface area contributed by atoms with Crippen LogP contribution in [0.4, 0.5) is 0 Å². The van der Waals surface area contributed by atoms with E-state index >= 15 is 0 Å². The summed E-state index contributed by atoms with van der Waals surface area (Å²) in [6.07, 6.45) is 0. The van der Waals surface area contributed by atoms with E-state index in [1.165, 1.54) is 24.2 Å². The molecule has 0 radical (unpaired) electrons. The molecule has 0 unspecified atom stereocenters. The van der Waals surface area contributed by atoms with Crippen LogP contribution >= 0.6 is 24.0 Å². The number of thiocarbonyl (C=S) groups is 1. The van der Waals surface area contributed by atoms with Crippen molar-refractivity contribution in [1.82, 2.24) is 5.32 Å². The fourth-order valence-electron chi connectivity index (χ4n) is 0.903. The molecule has 1 N–H and O–H groups in total. The van der Waals surface area contributed by atoms with E-state index in [0.717, 1.165) is 5.75 Å². The van der Waals surface area contributed by atoms with Gasteiger partial charge >= 0.3 is 0 Å². The number of hydrogen-bond acceptors (Lipinski definition) is 3. The molecule has 74 valence electrons. The maximum Gasteiger partial charge on any atom is 0.222 e. The SMILES string of the molecule is CC(=O)NC(=S)SCc1ccccc1. The Balaban J connectivity index is 2.34. The molecular formula is C10H11NOS2. The summed E-state index contributed by atoms with van der Waals surface area (Å²) in [5, 5.41) is 2.57. The number of rotatable bonds is 2. The summed E-state index contributed by atoms with van der Waals surface area (Å²) in [6, 6.07) is 10.0. The molecule has 0 atom stereocenters. The van der Waals surface area contributed by atoms with Gasteiger partial charge in [-0.05, 0) is 5.56 Å². The van der Waals surface area contributed by atoms with Crippen LogP contribution in [0.5, 0.6) is 0 Å². The molecule has 1 aromatic carbocycles. The zero-order valence-electron chi connectivity index (χ0n) is 7.82. The van der Waals surface area contributed by atoms with Gasteiger partial charge in [0, 0.05) is 12.7 Å². The van der Waals surface area contributed by atoms with Crippen molar-refractivity contribution < 1.29 is 4.79 Å². The van der Waals surface area contributed by atoms with Crippen LogP contribution in [0, 0.1) is 0 Å². The van der Waals surface area contributed by atoms with Crippen molar-refractivity contribution in [3.63, 3.8) is 0 Å². The van der Waals surface area contributed by atoms with Crippen molar-refractivity contribution in [2.45, 2.75) is 12.7 Å². The van der Waals surface area contributed by atoms with Gasteiger partial charge in [0.1, 0.15) is 4.32 Å². The van der Waals surface area contributed by atoms with Gasteiger partial charge in [0.2, 0.25) is 5.91 Å². The van der Waals surface area contributed by atoms with Crippen molar-refractivity contribution in [1.29, 1.82) is 0 Å². The lowest BCUT2D eigenvalue weighted by atomic mass is 10.2. The molecule has 4 heteroatoms. The van der Waals surface area contributed by atoms with Gasteiger partial charge in [0.05, 0.1) is 0 Å². The zero-order chi connectivity index (χ0) is 10.4. The van der Waals surface area contributed by atoms with Crippen molar-refractivity contribution in [3.8, 4) is 0 Å². The number of thioether (sulfide) groups is 1. The maximum absolute atomic E-state index is 10.7. The Hall–Kier alpha value is -0.870. The first-order valence-corrected chi connectivity index (χ1v) is 5.56. The average molecular weight is 225 g/mol. The van der Waals surface area contributed by atoms with Crippen LogP contribution in [0.25, 0.3) is 0 Å². The van der Waals surface area contributed by atoms with Crippen molar-refractivity contribution in [3.05, 3.63) is 35.9 Å². The zero-order valence-corrected chi connectivity index (χ0v) is 9.45. The monoisotopic (exact) mass is 225 g/mol. The third-order valence-corrected chi connectivity index (χ3v) is 2.79. The van der Waals surface area contributed by atoms with E-state index in [1.54, 1.807) is 0 Å². The second-order valence-corrected chi connectivity index (χ2v) is 4.40. The molecule has 0 fully saturated rings. The van der Waals surface area contributed by atoms with Crippen molar-refractivity contribution in [2.75, 3.05) is 0 Å². The Labute approximate surface area is 93.1 Å². The molecule has 0 aliphatic rings. The number of hydrogen-bond donors (Lipinski definition) is 1. The molecule has 0 aliphatic carbocycles. The first kappa shape index (κ1) is 11.2. The first-order chi connectivity index (χ1) is 6.68. The third-order valence-electron chi connectivity index (χ3n) is 1.49. The summed E-state index contributed by atoms with van der Waals surface area (Å²) in [7, 11) is 0. The predicted molar refractivity (Wildman–Crippen MR) is 64.2 cm³/mol. The van der Waals surface area contributed by atoms with E-state index in [-0.39, 0.29) is 5.91 Å². The van der Waals surface area contributed by atoms with Crippen LogP contribution in [0.1, 0.15) is 12.5 Å². The number of carbonyl (C=O) groups is 1. The number of carbonyl (C=O) groups excluding carboxylic acids is 1. The van der Waals surface area contributed by atoms with Crippen LogP contribution in [0.3, 0.4) is 0 Å². The summed E-state index contributed by atoms with van der Waals surface area (Å²) < 4.78 is 0.529. The molecule has 0 saturated heterocycles. The first-order valence-electron chi connectivity index (χ1n) is 4.17. The van der Waals surface area contributed by atoms with Gasteiger partial charge in [-0.1, -0.05) is 54.3 Å². The van der Waals surface area contributed by atoms with Gasteiger partial charge in [-0.2, -0.15) is 0 Å². The average Bonchev–Trinajstić information content (AvgIpc) is 2.15. The molecule has 0 aliphatic heterocycles. The fourth-order valence-corrected chi connectivity index (χ4v) is 1.93. The van der Waals surface area contributed by atoms with Gasteiger partial charge in [-0.15, -0.1) is 0 Å². The molecule has 1 amide bonds. The lowest BCUT2D eigenvalue weighted by Gasteiger charge is -2.03. The third kappa shape index (κ3) is 4.39. The Bertz CT molecular complexity index is 324. The number of amides is 1. The Morgan fingerprint density at radius 3 is 2.64 bits per heavy atom. The quantitative estimate of drug-likeness (QED) is 0.783. The highest BCUT2D eigenvalue weighted by atomic mass is 32.2. The van der Waals surface area contributed by atoms with Gasteiger partial charge in [-0.25, -0.2) is 0 Å². The lowest BCUT2D eigenvalue weighted by Crippen LogP contribution is -2.23. The van der Waals surface area contributed by atoms with E-state index < -0.39 is 0 Å². The highest BCUT2D eigenvalue weighted by Gasteiger charge is 1.99. The van der Waals surface area contributed by atoms with E-state index in [9.17, 15) is 4.79 Å². The highest BCUT2D eigenvalue weighted by Crippen LogP contribution is 2.12. The predicted octanol–water partition coefficient (Wildman–Crippen LogP) is 2.34. The molecule has 0 bridgehead atoms. The molecule has 2 nitrogen and oxygen atoms in total. The van der Waals surface area contributed by atoms with Crippen LogP contribution in [0.2, 0.25) is 0 Å². The van der Waals surface area contributed by atoms with E-state index in [1.807, 2.05) is 30.3 Å². The Kier molecular flexibility index (Phi) is 4.62. The van der Waals surface area contributed by atoms with Gasteiger partial charge in [0.25, 0.3) is 0 Å². The van der Waals surface area contributed by atoms with Gasteiger partial charge in [0.15, 0.2) is 0 Å². The molecule has 0 saturated carbocycles. The summed E-state index contributed by atoms with van der Waals surface area (Å²) in [5.74, 6) is 0.676. The molecule has 1 aromatic rings. The topological polar surface area (TPSA) is 29.1 Å². The minimum absolute atomic E-state index is 0.115. The van der Waals surface area contributed by atoms with Crippen LogP contribution < -0.4 is 5.32 Å². The fraction of sp³-hybridized carbons (Fsp3) is 0.200. The minimum Gasteiger partial charge on any atom is -0.312 e. The van der Waals surface area contributed by atoms with Crippen molar-refractivity contribution >= 4 is 34.2 Å². The Morgan fingerprint density at radius 2 is 2.07 bits per heavy atom. The van der Waals surface area contributed by atoms with Crippen molar-refractivity contribution in [2.24, 2.45) is 0 Å². The standard InChI is InChI=1S/C10H11NOS2/c1-8(12)11-10(13)14-7-9-5-3-2-4-6-9/h2-6H,7H2,1H3,(H,11,12,13). The lowest BCUT2D eigenvalue weighted by molar-refractivity contribution is -0.117. The van der Waals surface area contributed by atoms with E-state index in [0.29, 0.717) is 4.32 Å². The molecular weight excluding hydrogens is 214 g/mol. The molecule has 0 spiro atoms. The summed E-state index contributed by atoms with van der Waals surface area (Å²) in [6.45, 7) is 1.45. The smallest absolute Gasteiger partial charge is 0.222 e. The molecule has 0 heterocycles. The molecule has 14 heavy (non-hydrogen) atoms. The Morgan fingerprint density at radius 1 is 1.43 bits per heavy atom. The highest BCUT2D eigenvalue weighted by molar-refractivity contribution is 8.22. The summed E-state index contributed by atoms with van der Waals surface area (Å²) in [4.78, 5) is 10.7. The minimum atomic E-state index is -0.115. The van der Waals surface area contributed by atoms with E-state index in [4.69, 9.17) is 12.2 Å². The largest absolute Gasteiger partial charge is 0.312 e. The summed E-state index contributed by atoms with van der Waals surface area (Å²) >= 11 is 6.42. The second kappa shape index (κ2) is 5.78. The number of benzene rings is 1. The van der Waals surface area contributed by atoms with Crippen LogP contribution in [-0.2, 0) is 10.5 Å². The summed E-state index contributed by atoms with van der Waals surface area (Å²) in [5.41, 5.74) is 1.20. The van der Waals surface area contributed by atoms with Gasteiger partial charge in [-0.3, -0.25) is 4.79 Å².